The van der Waals surface area contributed by atoms with Crippen LogP contribution in [0.15, 0.2) is 24.3 Å². The number of halogens is 3. The third kappa shape index (κ3) is 5.57. The SMILES string of the molecule is O=C(NCCCc1cccc(C#CC2(O)CCCC2)c1)C(F)(F)F. The van der Waals surface area contributed by atoms with Crippen molar-refractivity contribution in [3.8, 4) is 11.8 Å². The Labute approximate surface area is 139 Å². The summed E-state index contributed by atoms with van der Waals surface area (Å²) in [5.74, 6) is 3.99. The van der Waals surface area contributed by atoms with E-state index < -0.39 is 17.7 Å². The van der Waals surface area contributed by atoms with Gasteiger partial charge in [0.05, 0.1) is 0 Å². The van der Waals surface area contributed by atoms with E-state index in [4.69, 9.17) is 0 Å². The maximum atomic E-state index is 12.0. The molecule has 0 spiro atoms. The van der Waals surface area contributed by atoms with Gasteiger partial charge in [0.1, 0.15) is 5.60 Å². The Balaban J connectivity index is 1.85. The van der Waals surface area contributed by atoms with Crippen LogP contribution in [0.3, 0.4) is 0 Å². The molecule has 0 unspecified atom stereocenters. The highest BCUT2D eigenvalue weighted by molar-refractivity contribution is 5.81. The third-order valence-electron chi connectivity index (χ3n) is 3.98. The highest BCUT2D eigenvalue weighted by atomic mass is 19.4. The Hall–Kier alpha value is -2.00. The Morgan fingerprint density at radius 1 is 1.29 bits per heavy atom. The summed E-state index contributed by atoms with van der Waals surface area (Å²) in [7, 11) is 0. The fraction of sp³-hybridized carbons (Fsp3) is 0.500. The molecule has 0 radical (unpaired) electrons. The van der Waals surface area contributed by atoms with Crippen LogP contribution in [0.2, 0.25) is 0 Å². The molecule has 1 saturated carbocycles. The number of alkyl halides is 3. The first-order chi connectivity index (χ1) is 11.3. The molecule has 3 nitrogen and oxygen atoms in total. The first kappa shape index (κ1) is 18.3. The highest BCUT2D eigenvalue weighted by Crippen LogP contribution is 2.28. The molecule has 6 heteroatoms. The largest absolute Gasteiger partial charge is 0.471 e. The van der Waals surface area contributed by atoms with Gasteiger partial charge in [-0.2, -0.15) is 13.2 Å². The van der Waals surface area contributed by atoms with Gasteiger partial charge < -0.3 is 10.4 Å². The Morgan fingerprint density at radius 3 is 2.67 bits per heavy atom. The van der Waals surface area contributed by atoms with E-state index in [0.717, 1.165) is 24.0 Å². The van der Waals surface area contributed by atoms with Crippen LogP contribution in [0.5, 0.6) is 0 Å². The predicted molar refractivity (Wildman–Crippen MR) is 84.1 cm³/mol. The van der Waals surface area contributed by atoms with Crippen molar-refractivity contribution >= 4 is 5.91 Å². The molecule has 0 atom stereocenters. The lowest BCUT2D eigenvalue weighted by Gasteiger charge is -2.12. The smallest absolute Gasteiger partial charge is 0.378 e. The van der Waals surface area contributed by atoms with Crippen LogP contribution < -0.4 is 5.32 Å². The quantitative estimate of drug-likeness (QED) is 0.655. The molecule has 0 aromatic heterocycles. The maximum absolute atomic E-state index is 12.0. The molecule has 0 aliphatic heterocycles. The van der Waals surface area contributed by atoms with E-state index in [1.54, 1.807) is 0 Å². The summed E-state index contributed by atoms with van der Waals surface area (Å²) in [5, 5.41) is 12.1. The van der Waals surface area contributed by atoms with Gasteiger partial charge in [-0.1, -0.05) is 24.0 Å². The van der Waals surface area contributed by atoms with Crippen LogP contribution >= 0.6 is 0 Å². The van der Waals surface area contributed by atoms with Crippen molar-refractivity contribution < 1.29 is 23.1 Å². The van der Waals surface area contributed by atoms with Crippen LogP contribution in [0, 0.1) is 11.8 Å². The molecular formula is C18H20F3NO2. The maximum Gasteiger partial charge on any atom is 0.471 e. The van der Waals surface area contributed by atoms with Crippen molar-refractivity contribution in [2.24, 2.45) is 0 Å². The molecule has 2 rings (SSSR count). The molecule has 0 heterocycles. The van der Waals surface area contributed by atoms with Crippen LogP contribution in [0.4, 0.5) is 13.2 Å². The van der Waals surface area contributed by atoms with Gasteiger partial charge in [-0.15, -0.1) is 0 Å². The van der Waals surface area contributed by atoms with Gasteiger partial charge >= 0.3 is 12.1 Å². The number of amides is 1. The number of aryl methyl sites for hydroxylation is 1. The van der Waals surface area contributed by atoms with E-state index in [1.165, 1.54) is 0 Å². The van der Waals surface area contributed by atoms with Crippen molar-refractivity contribution in [2.45, 2.75) is 50.3 Å². The molecule has 1 aromatic rings. The van der Waals surface area contributed by atoms with Crippen LogP contribution in [-0.2, 0) is 11.2 Å². The molecule has 0 bridgehead atoms. The van der Waals surface area contributed by atoms with Gasteiger partial charge in [0, 0.05) is 12.1 Å². The average Bonchev–Trinajstić information content (AvgIpc) is 2.96. The van der Waals surface area contributed by atoms with E-state index in [-0.39, 0.29) is 6.54 Å². The zero-order valence-electron chi connectivity index (χ0n) is 13.2. The van der Waals surface area contributed by atoms with Crippen LogP contribution in [0.1, 0.15) is 43.2 Å². The molecule has 130 valence electrons. The monoisotopic (exact) mass is 339 g/mol. The van der Waals surface area contributed by atoms with Gasteiger partial charge in [-0.05, 0) is 56.2 Å². The van der Waals surface area contributed by atoms with Gasteiger partial charge in [-0.25, -0.2) is 0 Å². The minimum Gasteiger partial charge on any atom is -0.378 e. The number of benzene rings is 1. The molecule has 2 N–H and O–H groups in total. The summed E-state index contributed by atoms with van der Waals surface area (Å²) in [6, 6.07) is 7.38. The van der Waals surface area contributed by atoms with E-state index in [1.807, 2.05) is 29.6 Å². The van der Waals surface area contributed by atoms with Crippen molar-refractivity contribution in [1.29, 1.82) is 0 Å². The number of hydrogen-bond acceptors (Lipinski definition) is 2. The normalized spacial score (nSPS) is 16.3. The second kappa shape index (κ2) is 7.71. The summed E-state index contributed by atoms with van der Waals surface area (Å²) < 4.78 is 36.1. The van der Waals surface area contributed by atoms with E-state index >= 15 is 0 Å². The molecule has 1 aliphatic carbocycles. The minimum absolute atomic E-state index is 0.0337. The van der Waals surface area contributed by atoms with Crippen molar-refractivity contribution in [3.63, 3.8) is 0 Å². The lowest BCUT2D eigenvalue weighted by molar-refractivity contribution is -0.173. The lowest BCUT2D eigenvalue weighted by Crippen LogP contribution is -2.37. The van der Waals surface area contributed by atoms with E-state index in [9.17, 15) is 23.1 Å². The highest BCUT2D eigenvalue weighted by Gasteiger charge is 2.38. The number of carbonyl (C=O) groups is 1. The second-order valence-corrected chi connectivity index (χ2v) is 6.05. The fourth-order valence-electron chi connectivity index (χ4n) is 2.67. The van der Waals surface area contributed by atoms with E-state index in [0.29, 0.717) is 25.7 Å². The molecular weight excluding hydrogens is 319 g/mol. The minimum atomic E-state index is -4.84. The van der Waals surface area contributed by atoms with Crippen molar-refractivity contribution in [1.82, 2.24) is 5.32 Å². The Bertz CT molecular complexity index is 638. The Kier molecular flexibility index (Phi) is 5.89. The number of rotatable bonds is 4. The second-order valence-electron chi connectivity index (χ2n) is 6.05. The van der Waals surface area contributed by atoms with Gasteiger partial charge in [0.25, 0.3) is 0 Å². The van der Waals surface area contributed by atoms with Crippen molar-refractivity contribution in [3.05, 3.63) is 35.4 Å². The van der Waals surface area contributed by atoms with Crippen molar-refractivity contribution in [2.75, 3.05) is 6.54 Å². The summed E-state index contributed by atoms with van der Waals surface area (Å²) in [5.41, 5.74) is 0.811. The summed E-state index contributed by atoms with van der Waals surface area (Å²) in [6.07, 6.45) is -0.544. The van der Waals surface area contributed by atoms with Crippen LogP contribution in [-0.4, -0.2) is 29.3 Å². The molecule has 1 amide bonds. The zero-order valence-corrected chi connectivity index (χ0v) is 13.2. The first-order valence-corrected chi connectivity index (χ1v) is 7.98. The predicted octanol–water partition coefficient (Wildman–Crippen LogP) is 2.95. The lowest BCUT2D eigenvalue weighted by atomic mass is 10.0. The standard InChI is InChI=1S/C18H20F3NO2/c19-18(20,21)16(23)22-12-4-7-14-5-3-6-15(13-14)8-11-17(24)9-1-2-10-17/h3,5-6,13,24H,1-2,4,7,9-10,12H2,(H,22,23). The third-order valence-corrected chi connectivity index (χ3v) is 3.98. The number of carbonyl (C=O) groups excluding carboxylic acids is 1. The van der Waals surface area contributed by atoms with Gasteiger partial charge in [-0.3, -0.25) is 4.79 Å². The summed E-state index contributed by atoms with van der Waals surface area (Å²) in [6.45, 7) is -0.0337. The fourth-order valence-corrected chi connectivity index (χ4v) is 2.67. The molecule has 1 fully saturated rings. The molecule has 0 saturated heterocycles. The van der Waals surface area contributed by atoms with E-state index in [2.05, 4.69) is 11.8 Å². The van der Waals surface area contributed by atoms with Crippen LogP contribution in [0.25, 0.3) is 0 Å². The summed E-state index contributed by atoms with van der Waals surface area (Å²) >= 11 is 0. The Morgan fingerprint density at radius 2 is 2.00 bits per heavy atom. The topological polar surface area (TPSA) is 49.3 Å². The number of aliphatic hydroxyl groups is 1. The first-order valence-electron chi connectivity index (χ1n) is 7.98. The molecule has 24 heavy (non-hydrogen) atoms. The van der Waals surface area contributed by atoms with Gasteiger partial charge in [0.15, 0.2) is 0 Å². The summed E-state index contributed by atoms with van der Waals surface area (Å²) in [4.78, 5) is 10.7. The number of hydrogen-bond donors (Lipinski definition) is 2. The number of nitrogens with one attached hydrogen (secondary N) is 1. The average molecular weight is 339 g/mol. The zero-order chi connectivity index (χ0) is 17.6. The molecule has 1 aromatic carbocycles. The van der Waals surface area contributed by atoms with Gasteiger partial charge in [0.2, 0.25) is 0 Å². The molecule has 1 aliphatic rings.